The molecular formula is C11H13. The van der Waals surface area contributed by atoms with Gasteiger partial charge in [0, 0.05) is 6.42 Å². The van der Waals surface area contributed by atoms with Gasteiger partial charge >= 0.3 is 0 Å². The van der Waals surface area contributed by atoms with Crippen LogP contribution in [0.1, 0.15) is 12.8 Å². The molecule has 0 fully saturated rings. The van der Waals surface area contributed by atoms with E-state index >= 15 is 0 Å². The lowest BCUT2D eigenvalue weighted by atomic mass is 10.2. The summed E-state index contributed by atoms with van der Waals surface area (Å²) in [5.41, 5.74) is 0. The molecule has 0 unspecified atom stereocenters. The Balaban J connectivity index is 2.47. The molecule has 1 rings (SSSR count). The minimum absolute atomic E-state index is 1.13. The van der Waals surface area contributed by atoms with Crippen LogP contribution in [0.3, 0.4) is 0 Å². The molecule has 0 aromatic heterocycles. The van der Waals surface area contributed by atoms with Crippen molar-refractivity contribution in [3.8, 4) is 0 Å². The summed E-state index contributed by atoms with van der Waals surface area (Å²) in [6.07, 6.45) is 21.0. The van der Waals surface area contributed by atoms with Crippen molar-refractivity contribution < 1.29 is 0 Å². The molecule has 0 heteroatoms. The maximum Gasteiger partial charge on any atom is 0.00473 e. The summed E-state index contributed by atoms with van der Waals surface area (Å²) in [6, 6.07) is 0. The molecule has 0 bridgehead atoms. The summed E-state index contributed by atoms with van der Waals surface area (Å²) in [5, 5.41) is 0. The third kappa shape index (κ3) is 4.38. The summed E-state index contributed by atoms with van der Waals surface area (Å²) in [5.74, 6) is 0. The molecule has 11 heavy (non-hydrogen) atoms. The van der Waals surface area contributed by atoms with Crippen LogP contribution < -0.4 is 0 Å². The van der Waals surface area contributed by atoms with Gasteiger partial charge in [0.05, 0.1) is 0 Å². The van der Waals surface area contributed by atoms with Crippen LogP contribution in [0.5, 0.6) is 0 Å². The van der Waals surface area contributed by atoms with Crippen LogP contribution in [0.4, 0.5) is 0 Å². The summed E-state index contributed by atoms with van der Waals surface area (Å²) in [4.78, 5) is 0. The predicted octanol–water partition coefficient (Wildman–Crippen LogP) is 3.21. The normalized spacial score (nSPS) is 29.8. The van der Waals surface area contributed by atoms with E-state index in [1.54, 1.807) is 0 Å². The molecule has 0 aromatic rings. The van der Waals surface area contributed by atoms with Crippen LogP contribution in [-0.2, 0) is 0 Å². The standard InChI is InChI=1S/C11H13/c1-2-4-6-8-10-11-9-7-5-3-1/h1-9H,10-11H2/b2-1+,5-3-,8-6-,9-7-. The first-order valence-electron chi connectivity index (χ1n) is 3.98. The molecule has 0 saturated heterocycles. The summed E-state index contributed by atoms with van der Waals surface area (Å²) < 4.78 is 0. The summed E-state index contributed by atoms with van der Waals surface area (Å²) in [7, 11) is 0. The van der Waals surface area contributed by atoms with Gasteiger partial charge in [0.2, 0.25) is 0 Å². The highest BCUT2D eigenvalue weighted by Gasteiger charge is 1.76. The van der Waals surface area contributed by atoms with Gasteiger partial charge in [0.15, 0.2) is 0 Å². The first-order valence-corrected chi connectivity index (χ1v) is 3.98. The molecule has 57 valence electrons. The SMILES string of the molecule is [CH]1/C=C\CC\C=C/C=C\C=C\1. The Labute approximate surface area is 68.6 Å². The monoisotopic (exact) mass is 145 g/mol. The zero-order chi connectivity index (χ0) is 7.78. The summed E-state index contributed by atoms with van der Waals surface area (Å²) in [6.45, 7) is 0. The van der Waals surface area contributed by atoms with Gasteiger partial charge in [-0.2, -0.15) is 0 Å². The van der Waals surface area contributed by atoms with Gasteiger partial charge in [-0.3, -0.25) is 0 Å². The third-order valence-corrected chi connectivity index (χ3v) is 1.44. The maximum atomic E-state index is 2.18. The molecule has 0 atom stereocenters. The highest BCUT2D eigenvalue weighted by atomic mass is 13.8. The fourth-order valence-corrected chi connectivity index (χ4v) is 0.863. The van der Waals surface area contributed by atoms with Crippen molar-refractivity contribution in [1.29, 1.82) is 0 Å². The van der Waals surface area contributed by atoms with Gasteiger partial charge in [0.1, 0.15) is 0 Å². The number of rotatable bonds is 0. The molecule has 1 aliphatic rings. The molecule has 0 amide bonds. The molecule has 0 aromatic carbocycles. The zero-order valence-corrected chi connectivity index (χ0v) is 6.61. The van der Waals surface area contributed by atoms with Crippen molar-refractivity contribution in [2.45, 2.75) is 12.8 Å². The van der Waals surface area contributed by atoms with Gasteiger partial charge in [0.25, 0.3) is 0 Å². The molecule has 1 radical (unpaired) electrons. The molecule has 0 heterocycles. The van der Waals surface area contributed by atoms with Gasteiger partial charge < -0.3 is 0 Å². The Hall–Kier alpha value is -1.04. The lowest BCUT2D eigenvalue weighted by Crippen LogP contribution is -1.64. The van der Waals surface area contributed by atoms with Crippen LogP contribution in [0.15, 0.2) is 48.6 Å². The Morgan fingerprint density at radius 3 is 2.09 bits per heavy atom. The van der Waals surface area contributed by atoms with Crippen molar-refractivity contribution in [2.24, 2.45) is 0 Å². The average molecular weight is 145 g/mol. The Kier molecular flexibility index (Phi) is 4.19. The van der Waals surface area contributed by atoms with E-state index in [-0.39, 0.29) is 0 Å². The topological polar surface area (TPSA) is 0 Å². The van der Waals surface area contributed by atoms with E-state index in [0.717, 1.165) is 12.8 Å². The van der Waals surface area contributed by atoms with Crippen molar-refractivity contribution in [2.75, 3.05) is 0 Å². The van der Waals surface area contributed by atoms with E-state index in [0.29, 0.717) is 0 Å². The van der Waals surface area contributed by atoms with E-state index in [9.17, 15) is 0 Å². The van der Waals surface area contributed by atoms with E-state index in [4.69, 9.17) is 0 Å². The minimum atomic E-state index is 1.13. The van der Waals surface area contributed by atoms with Crippen molar-refractivity contribution >= 4 is 0 Å². The molecule has 0 saturated carbocycles. The zero-order valence-electron chi connectivity index (χ0n) is 6.61. The van der Waals surface area contributed by atoms with Crippen molar-refractivity contribution in [3.63, 3.8) is 0 Å². The predicted molar refractivity (Wildman–Crippen MR) is 50.1 cm³/mol. The van der Waals surface area contributed by atoms with E-state index < -0.39 is 0 Å². The second-order valence-electron chi connectivity index (χ2n) is 2.40. The molecule has 0 N–H and O–H groups in total. The van der Waals surface area contributed by atoms with Crippen LogP contribution in [0, 0.1) is 6.42 Å². The van der Waals surface area contributed by atoms with Crippen LogP contribution in [-0.4, -0.2) is 0 Å². The van der Waals surface area contributed by atoms with Gasteiger partial charge in [-0.15, -0.1) is 0 Å². The van der Waals surface area contributed by atoms with E-state index in [1.165, 1.54) is 0 Å². The quantitative estimate of drug-likeness (QED) is 0.491. The van der Waals surface area contributed by atoms with E-state index in [2.05, 4.69) is 36.8 Å². The van der Waals surface area contributed by atoms with Crippen LogP contribution >= 0.6 is 0 Å². The number of hydrogen-bond acceptors (Lipinski definition) is 0. The first-order chi connectivity index (χ1) is 5.50. The summed E-state index contributed by atoms with van der Waals surface area (Å²) >= 11 is 0. The smallest absolute Gasteiger partial charge is 0.00473 e. The van der Waals surface area contributed by atoms with Gasteiger partial charge in [-0.1, -0.05) is 48.6 Å². The number of allylic oxidation sites excluding steroid dienone is 8. The van der Waals surface area contributed by atoms with Crippen molar-refractivity contribution in [3.05, 3.63) is 55.0 Å². The second kappa shape index (κ2) is 5.72. The number of hydrogen-bond donors (Lipinski definition) is 0. The fourth-order valence-electron chi connectivity index (χ4n) is 0.863. The highest BCUT2D eigenvalue weighted by Crippen LogP contribution is 1.96. The molecule has 0 spiro atoms. The Morgan fingerprint density at radius 1 is 0.545 bits per heavy atom. The minimum Gasteiger partial charge on any atom is -0.0876 e. The van der Waals surface area contributed by atoms with Crippen molar-refractivity contribution in [1.82, 2.24) is 0 Å². The van der Waals surface area contributed by atoms with E-state index in [1.807, 2.05) is 18.2 Å². The highest BCUT2D eigenvalue weighted by molar-refractivity contribution is 5.17. The molecule has 0 nitrogen and oxygen atoms in total. The van der Waals surface area contributed by atoms with Gasteiger partial charge in [-0.25, -0.2) is 0 Å². The van der Waals surface area contributed by atoms with Gasteiger partial charge in [-0.05, 0) is 12.8 Å². The lowest BCUT2D eigenvalue weighted by Gasteiger charge is -1.83. The first kappa shape index (κ1) is 8.06. The van der Waals surface area contributed by atoms with Crippen LogP contribution in [0.25, 0.3) is 0 Å². The molecular weight excluding hydrogens is 132 g/mol. The Bertz CT molecular complexity index is 192. The lowest BCUT2D eigenvalue weighted by molar-refractivity contribution is 1.05. The van der Waals surface area contributed by atoms with Crippen LogP contribution in [0.2, 0.25) is 0 Å². The Morgan fingerprint density at radius 2 is 1.18 bits per heavy atom. The molecule has 0 aliphatic heterocycles. The molecule has 1 aliphatic carbocycles. The fraction of sp³-hybridized carbons (Fsp3) is 0.182. The largest absolute Gasteiger partial charge is 0.0876 e. The second-order valence-corrected chi connectivity index (χ2v) is 2.40. The average Bonchev–Trinajstić information content (AvgIpc) is 2.08. The maximum absolute atomic E-state index is 2.18. The third-order valence-electron chi connectivity index (χ3n) is 1.44.